The second kappa shape index (κ2) is 6.48. The fraction of sp³-hybridized carbons (Fsp3) is 0.294. The van der Waals surface area contributed by atoms with E-state index in [1.165, 1.54) is 17.2 Å². The summed E-state index contributed by atoms with van der Waals surface area (Å²) < 4.78 is 13.1. The van der Waals surface area contributed by atoms with Crippen LogP contribution in [0.15, 0.2) is 48.5 Å². The maximum absolute atomic E-state index is 13.1. The van der Waals surface area contributed by atoms with E-state index >= 15 is 0 Å². The molecule has 0 fully saturated rings. The summed E-state index contributed by atoms with van der Waals surface area (Å²) in [4.78, 5) is 0. The van der Waals surface area contributed by atoms with Gasteiger partial charge in [-0.25, -0.2) is 4.39 Å². The minimum Gasteiger partial charge on any atom is -0.316 e. The van der Waals surface area contributed by atoms with Crippen LogP contribution in [0, 0.1) is 12.7 Å². The molecule has 100 valence electrons. The van der Waals surface area contributed by atoms with Crippen molar-refractivity contribution in [1.29, 1.82) is 0 Å². The van der Waals surface area contributed by atoms with Crippen LogP contribution in [0.5, 0.6) is 0 Å². The SMILES string of the molecule is CNC(Cc1ccccc1)Cc1ccc(F)cc1C. The zero-order chi connectivity index (χ0) is 13.7. The smallest absolute Gasteiger partial charge is 0.123 e. The highest BCUT2D eigenvalue weighted by atomic mass is 19.1. The first kappa shape index (κ1) is 13.8. The Morgan fingerprint density at radius 1 is 1.05 bits per heavy atom. The van der Waals surface area contributed by atoms with Gasteiger partial charge in [-0.2, -0.15) is 0 Å². The summed E-state index contributed by atoms with van der Waals surface area (Å²) in [6.07, 6.45) is 1.89. The molecule has 2 aromatic carbocycles. The van der Waals surface area contributed by atoms with Gasteiger partial charge in [-0.1, -0.05) is 36.4 Å². The average molecular weight is 257 g/mol. The summed E-state index contributed by atoms with van der Waals surface area (Å²) in [5, 5.41) is 3.35. The van der Waals surface area contributed by atoms with Crippen LogP contribution in [-0.4, -0.2) is 13.1 Å². The topological polar surface area (TPSA) is 12.0 Å². The first-order valence-corrected chi connectivity index (χ1v) is 6.65. The zero-order valence-electron chi connectivity index (χ0n) is 11.5. The second-order valence-electron chi connectivity index (χ2n) is 4.95. The minimum absolute atomic E-state index is 0.162. The first-order chi connectivity index (χ1) is 9.19. The van der Waals surface area contributed by atoms with Gasteiger partial charge in [-0.15, -0.1) is 0 Å². The molecule has 1 nitrogen and oxygen atoms in total. The third-order valence-electron chi connectivity index (χ3n) is 3.50. The fourth-order valence-electron chi connectivity index (χ4n) is 2.33. The van der Waals surface area contributed by atoms with Crippen molar-refractivity contribution in [3.8, 4) is 0 Å². The molecule has 0 aliphatic rings. The monoisotopic (exact) mass is 257 g/mol. The van der Waals surface area contributed by atoms with E-state index in [1.54, 1.807) is 6.07 Å². The first-order valence-electron chi connectivity index (χ1n) is 6.65. The molecule has 1 N–H and O–H groups in total. The van der Waals surface area contributed by atoms with Gasteiger partial charge in [0.25, 0.3) is 0 Å². The van der Waals surface area contributed by atoms with Crippen molar-refractivity contribution in [2.45, 2.75) is 25.8 Å². The highest BCUT2D eigenvalue weighted by Gasteiger charge is 2.10. The van der Waals surface area contributed by atoms with Crippen LogP contribution in [0.2, 0.25) is 0 Å². The van der Waals surface area contributed by atoms with E-state index in [4.69, 9.17) is 0 Å². The molecule has 0 spiro atoms. The predicted molar refractivity (Wildman–Crippen MR) is 77.8 cm³/mol. The lowest BCUT2D eigenvalue weighted by Gasteiger charge is -2.17. The van der Waals surface area contributed by atoms with Crippen LogP contribution < -0.4 is 5.32 Å². The van der Waals surface area contributed by atoms with Gasteiger partial charge < -0.3 is 5.32 Å². The summed E-state index contributed by atoms with van der Waals surface area (Å²) in [5.74, 6) is -0.162. The number of hydrogen-bond donors (Lipinski definition) is 1. The van der Waals surface area contributed by atoms with Gasteiger partial charge in [0.2, 0.25) is 0 Å². The van der Waals surface area contributed by atoms with Crippen LogP contribution in [-0.2, 0) is 12.8 Å². The zero-order valence-corrected chi connectivity index (χ0v) is 11.5. The molecule has 1 unspecified atom stereocenters. The Morgan fingerprint density at radius 3 is 2.42 bits per heavy atom. The number of benzene rings is 2. The Kier molecular flexibility index (Phi) is 4.69. The highest BCUT2D eigenvalue weighted by Crippen LogP contribution is 2.14. The molecule has 0 bridgehead atoms. The Bertz CT molecular complexity index is 522. The normalized spacial score (nSPS) is 12.4. The van der Waals surface area contributed by atoms with E-state index in [2.05, 4.69) is 29.6 Å². The molecule has 0 heterocycles. The van der Waals surface area contributed by atoms with Crippen LogP contribution >= 0.6 is 0 Å². The Labute approximate surface area is 114 Å². The van der Waals surface area contributed by atoms with E-state index in [0.717, 1.165) is 18.4 Å². The number of likely N-dealkylation sites (N-methyl/N-ethyl adjacent to an activating group) is 1. The Hall–Kier alpha value is -1.67. The van der Waals surface area contributed by atoms with Gasteiger partial charge in [0.05, 0.1) is 0 Å². The standard InChI is InChI=1S/C17H20FN/c1-13-10-16(18)9-8-15(13)12-17(19-2)11-14-6-4-3-5-7-14/h3-10,17,19H,11-12H2,1-2H3. The molecule has 0 aromatic heterocycles. The molecule has 2 heteroatoms. The highest BCUT2D eigenvalue weighted by molar-refractivity contribution is 5.28. The third kappa shape index (κ3) is 3.90. The van der Waals surface area contributed by atoms with Crippen molar-refractivity contribution < 1.29 is 4.39 Å². The molecule has 0 radical (unpaired) electrons. The molecule has 0 saturated heterocycles. The van der Waals surface area contributed by atoms with Crippen molar-refractivity contribution in [3.05, 3.63) is 71.0 Å². The predicted octanol–water partition coefficient (Wildman–Crippen LogP) is 3.51. The molecular weight excluding hydrogens is 237 g/mol. The van der Waals surface area contributed by atoms with E-state index in [0.29, 0.717) is 6.04 Å². The van der Waals surface area contributed by atoms with E-state index in [9.17, 15) is 4.39 Å². The van der Waals surface area contributed by atoms with Gasteiger partial charge in [0.15, 0.2) is 0 Å². The number of halogens is 1. The molecular formula is C17H20FN. The number of nitrogens with one attached hydrogen (secondary N) is 1. The van der Waals surface area contributed by atoms with Crippen molar-refractivity contribution in [1.82, 2.24) is 5.32 Å². The largest absolute Gasteiger partial charge is 0.316 e. The lowest BCUT2D eigenvalue weighted by Crippen LogP contribution is -2.30. The maximum Gasteiger partial charge on any atom is 0.123 e. The molecule has 19 heavy (non-hydrogen) atoms. The van der Waals surface area contributed by atoms with Crippen molar-refractivity contribution in [3.63, 3.8) is 0 Å². The molecule has 0 amide bonds. The van der Waals surface area contributed by atoms with Crippen LogP contribution in [0.1, 0.15) is 16.7 Å². The summed E-state index contributed by atoms with van der Waals surface area (Å²) in [6, 6.07) is 15.8. The second-order valence-corrected chi connectivity index (χ2v) is 4.95. The molecule has 0 saturated carbocycles. The number of hydrogen-bond acceptors (Lipinski definition) is 1. The van der Waals surface area contributed by atoms with Gasteiger partial charge in [0.1, 0.15) is 5.82 Å². The minimum atomic E-state index is -0.162. The summed E-state index contributed by atoms with van der Waals surface area (Å²) in [7, 11) is 1.98. The van der Waals surface area contributed by atoms with Gasteiger partial charge in [-0.05, 0) is 55.6 Å². The van der Waals surface area contributed by atoms with E-state index in [1.807, 2.05) is 26.1 Å². The summed E-state index contributed by atoms with van der Waals surface area (Å²) in [5.41, 5.74) is 3.55. The fourth-order valence-corrected chi connectivity index (χ4v) is 2.33. The quantitative estimate of drug-likeness (QED) is 0.864. The Balaban J connectivity index is 2.06. The molecule has 1 atom stereocenters. The molecule has 0 aliphatic carbocycles. The van der Waals surface area contributed by atoms with Crippen LogP contribution in [0.25, 0.3) is 0 Å². The molecule has 0 aliphatic heterocycles. The number of rotatable bonds is 5. The number of aryl methyl sites for hydroxylation is 1. The van der Waals surface area contributed by atoms with E-state index < -0.39 is 0 Å². The average Bonchev–Trinajstić information content (AvgIpc) is 2.42. The Morgan fingerprint density at radius 2 is 1.79 bits per heavy atom. The van der Waals surface area contributed by atoms with Crippen LogP contribution in [0.3, 0.4) is 0 Å². The molecule has 2 rings (SSSR count). The van der Waals surface area contributed by atoms with Gasteiger partial charge in [-0.3, -0.25) is 0 Å². The van der Waals surface area contributed by atoms with E-state index in [-0.39, 0.29) is 5.82 Å². The van der Waals surface area contributed by atoms with Crippen molar-refractivity contribution in [2.24, 2.45) is 0 Å². The molecule has 2 aromatic rings. The third-order valence-corrected chi connectivity index (χ3v) is 3.50. The van der Waals surface area contributed by atoms with Crippen LogP contribution in [0.4, 0.5) is 4.39 Å². The lowest BCUT2D eigenvalue weighted by atomic mass is 9.96. The summed E-state index contributed by atoms with van der Waals surface area (Å²) >= 11 is 0. The lowest BCUT2D eigenvalue weighted by molar-refractivity contribution is 0.553. The van der Waals surface area contributed by atoms with Crippen molar-refractivity contribution in [2.75, 3.05) is 7.05 Å². The van der Waals surface area contributed by atoms with Gasteiger partial charge in [0, 0.05) is 6.04 Å². The van der Waals surface area contributed by atoms with Crippen molar-refractivity contribution >= 4 is 0 Å². The van der Waals surface area contributed by atoms with Gasteiger partial charge >= 0.3 is 0 Å². The maximum atomic E-state index is 13.1. The summed E-state index contributed by atoms with van der Waals surface area (Å²) in [6.45, 7) is 1.97.